The number of anilines is 1. The molecule has 0 aliphatic rings. The van der Waals surface area contributed by atoms with Crippen molar-refractivity contribution < 1.29 is 18.0 Å². The maximum Gasteiger partial charge on any atom is 0.433 e. The average Bonchev–Trinajstić information content (AvgIpc) is 2.52. The Morgan fingerprint density at radius 1 is 1.39 bits per heavy atom. The maximum absolute atomic E-state index is 12.9. The van der Waals surface area contributed by atoms with Crippen LogP contribution < -0.4 is 11.5 Å². The molecule has 0 fully saturated rings. The fraction of sp³-hybridized carbons (Fsp3) is 0.200. The Bertz CT molecular complexity index is 617. The number of fused-ring (bicyclic) bond motifs is 1. The fourth-order valence-corrected chi connectivity index (χ4v) is 1.71. The van der Waals surface area contributed by atoms with Gasteiger partial charge in [0.1, 0.15) is 6.54 Å². The quantitative estimate of drug-likeness (QED) is 0.791. The molecule has 0 atom stereocenters. The number of carbonyl (C=O) groups excluding carboxylic acids is 1. The molecule has 96 valence electrons. The van der Waals surface area contributed by atoms with Crippen molar-refractivity contribution in [3.63, 3.8) is 0 Å². The van der Waals surface area contributed by atoms with E-state index >= 15 is 0 Å². The summed E-state index contributed by atoms with van der Waals surface area (Å²) >= 11 is 0. The van der Waals surface area contributed by atoms with Crippen molar-refractivity contribution in [2.75, 3.05) is 5.73 Å². The Morgan fingerprint density at radius 2 is 2.06 bits per heavy atom. The molecule has 2 rings (SSSR count). The number of nitrogen functional groups attached to an aromatic ring is 1. The molecule has 8 heteroatoms. The highest BCUT2D eigenvalue weighted by molar-refractivity contribution is 5.85. The maximum atomic E-state index is 12.9. The number of halogens is 3. The lowest BCUT2D eigenvalue weighted by Gasteiger charge is -2.09. The second-order valence-electron chi connectivity index (χ2n) is 3.75. The van der Waals surface area contributed by atoms with Crippen LogP contribution >= 0.6 is 0 Å². The largest absolute Gasteiger partial charge is 0.433 e. The van der Waals surface area contributed by atoms with Gasteiger partial charge >= 0.3 is 6.18 Å². The zero-order chi connectivity index (χ0) is 13.5. The Morgan fingerprint density at radius 3 is 2.61 bits per heavy atom. The van der Waals surface area contributed by atoms with Crippen LogP contribution in [0.3, 0.4) is 0 Å². The van der Waals surface area contributed by atoms with E-state index in [-0.39, 0.29) is 10.9 Å². The second kappa shape index (κ2) is 3.90. The van der Waals surface area contributed by atoms with Crippen molar-refractivity contribution >= 4 is 22.5 Å². The van der Waals surface area contributed by atoms with E-state index in [1.165, 1.54) is 18.2 Å². The van der Waals surface area contributed by atoms with E-state index in [2.05, 4.69) is 5.10 Å². The highest BCUT2D eigenvalue weighted by Gasteiger charge is 2.37. The number of alkyl halides is 3. The van der Waals surface area contributed by atoms with E-state index < -0.39 is 24.3 Å². The van der Waals surface area contributed by atoms with Crippen LogP contribution in [0.15, 0.2) is 18.2 Å². The van der Waals surface area contributed by atoms with Crippen LogP contribution in [0.4, 0.5) is 18.9 Å². The van der Waals surface area contributed by atoms with E-state index in [1.807, 2.05) is 0 Å². The normalized spacial score (nSPS) is 11.9. The topological polar surface area (TPSA) is 86.9 Å². The smallest absolute Gasteiger partial charge is 0.399 e. The summed E-state index contributed by atoms with van der Waals surface area (Å²) in [5.74, 6) is -0.902. The lowest BCUT2D eigenvalue weighted by Crippen LogP contribution is -2.23. The minimum atomic E-state index is -4.62. The summed E-state index contributed by atoms with van der Waals surface area (Å²) in [6.45, 7) is -0.635. The van der Waals surface area contributed by atoms with E-state index in [9.17, 15) is 18.0 Å². The Kier molecular flexibility index (Phi) is 2.64. The van der Waals surface area contributed by atoms with E-state index in [0.29, 0.717) is 10.4 Å². The first-order valence-corrected chi connectivity index (χ1v) is 4.90. The molecular weight excluding hydrogens is 249 g/mol. The number of hydrogen-bond acceptors (Lipinski definition) is 3. The van der Waals surface area contributed by atoms with Gasteiger partial charge in [-0.1, -0.05) is 0 Å². The lowest BCUT2D eigenvalue weighted by molar-refractivity contribution is -0.143. The zero-order valence-corrected chi connectivity index (χ0v) is 9.03. The number of amides is 1. The van der Waals surface area contributed by atoms with Crippen molar-refractivity contribution in [1.29, 1.82) is 0 Å². The van der Waals surface area contributed by atoms with Gasteiger partial charge in [-0.25, -0.2) is 4.68 Å². The molecule has 4 N–H and O–H groups in total. The molecule has 5 nitrogen and oxygen atoms in total. The molecule has 0 saturated heterocycles. The third-order valence-electron chi connectivity index (χ3n) is 2.34. The van der Waals surface area contributed by atoms with Gasteiger partial charge in [0.25, 0.3) is 0 Å². The number of rotatable bonds is 2. The highest BCUT2D eigenvalue weighted by atomic mass is 19.4. The van der Waals surface area contributed by atoms with E-state index in [0.717, 1.165) is 0 Å². The summed E-state index contributed by atoms with van der Waals surface area (Å²) in [7, 11) is 0. The summed E-state index contributed by atoms with van der Waals surface area (Å²) in [6.07, 6.45) is -4.62. The van der Waals surface area contributed by atoms with Crippen molar-refractivity contribution in [2.24, 2.45) is 5.73 Å². The summed E-state index contributed by atoms with van der Waals surface area (Å²) in [6, 6.07) is 3.87. The number of carbonyl (C=O) groups is 1. The Labute approximate surface area is 99.2 Å². The van der Waals surface area contributed by atoms with E-state index in [1.54, 1.807) is 0 Å². The van der Waals surface area contributed by atoms with Crippen molar-refractivity contribution in [1.82, 2.24) is 9.78 Å². The van der Waals surface area contributed by atoms with Gasteiger partial charge in [-0.05, 0) is 18.2 Å². The molecule has 1 aromatic heterocycles. The molecular formula is C10H9F3N4O. The van der Waals surface area contributed by atoms with Crippen molar-refractivity contribution in [2.45, 2.75) is 12.7 Å². The van der Waals surface area contributed by atoms with Crippen LogP contribution in [0.25, 0.3) is 10.9 Å². The van der Waals surface area contributed by atoms with Gasteiger partial charge < -0.3 is 11.5 Å². The molecule has 2 aromatic rings. The first-order valence-electron chi connectivity index (χ1n) is 4.90. The molecule has 0 unspecified atom stereocenters. The number of nitrogens with zero attached hydrogens (tertiary/aromatic N) is 2. The Hall–Kier alpha value is -2.25. The summed E-state index contributed by atoms with van der Waals surface area (Å²) < 4.78 is 39.3. The average molecular weight is 258 g/mol. The fourth-order valence-electron chi connectivity index (χ4n) is 1.71. The number of aromatic nitrogens is 2. The summed E-state index contributed by atoms with van der Waals surface area (Å²) in [5.41, 5.74) is 9.73. The number of benzene rings is 1. The first kappa shape index (κ1) is 12.2. The minimum Gasteiger partial charge on any atom is -0.399 e. The molecule has 0 radical (unpaired) electrons. The summed E-state index contributed by atoms with van der Waals surface area (Å²) in [4.78, 5) is 10.8. The van der Waals surface area contributed by atoms with Gasteiger partial charge in [0.05, 0.1) is 5.52 Å². The first-order chi connectivity index (χ1) is 8.29. The number of primary amides is 1. The van der Waals surface area contributed by atoms with E-state index in [4.69, 9.17) is 11.5 Å². The van der Waals surface area contributed by atoms with Crippen LogP contribution in [0.5, 0.6) is 0 Å². The predicted octanol–water partition coefficient (Wildman–Crippen LogP) is 1.12. The molecule has 0 bridgehead atoms. The predicted molar refractivity (Wildman–Crippen MR) is 58.3 cm³/mol. The van der Waals surface area contributed by atoms with Crippen LogP contribution in [-0.4, -0.2) is 15.7 Å². The SMILES string of the molecule is NC(=O)Cn1nc2cc(N)ccc2c1C(F)(F)F. The number of hydrogen-bond donors (Lipinski definition) is 2. The van der Waals surface area contributed by atoms with Crippen LogP contribution in [0, 0.1) is 0 Å². The molecule has 0 aliphatic heterocycles. The molecule has 0 saturated carbocycles. The monoisotopic (exact) mass is 258 g/mol. The van der Waals surface area contributed by atoms with Gasteiger partial charge in [-0.2, -0.15) is 18.3 Å². The molecule has 0 aliphatic carbocycles. The molecule has 1 aromatic carbocycles. The van der Waals surface area contributed by atoms with Crippen molar-refractivity contribution in [3.05, 3.63) is 23.9 Å². The molecule has 1 heterocycles. The Balaban J connectivity index is 2.72. The summed E-state index contributed by atoms with van der Waals surface area (Å²) in [5, 5.41) is 3.58. The van der Waals surface area contributed by atoms with Gasteiger partial charge in [0.2, 0.25) is 5.91 Å². The standard InChI is InChI=1S/C10H9F3N4O/c11-10(12,13)9-6-2-1-5(14)3-7(6)16-17(9)4-8(15)18/h1-3H,4,14H2,(H2,15,18). The number of nitrogens with two attached hydrogens (primary N) is 2. The third kappa shape index (κ3) is 2.08. The van der Waals surface area contributed by atoms with Gasteiger partial charge in [-0.15, -0.1) is 0 Å². The van der Waals surface area contributed by atoms with Crippen molar-refractivity contribution in [3.8, 4) is 0 Å². The second-order valence-corrected chi connectivity index (χ2v) is 3.75. The van der Waals surface area contributed by atoms with Gasteiger partial charge in [-0.3, -0.25) is 4.79 Å². The molecule has 1 amide bonds. The van der Waals surface area contributed by atoms with Crippen LogP contribution in [0.1, 0.15) is 5.69 Å². The highest BCUT2D eigenvalue weighted by Crippen LogP contribution is 2.35. The minimum absolute atomic E-state index is 0.0728. The molecule has 0 spiro atoms. The van der Waals surface area contributed by atoms with Gasteiger partial charge in [0, 0.05) is 11.1 Å². The van der Waals surface area contributed by atoms with Crippen LogP contribution in [-0.2, 0) is 17.5 Å². The molecule has 18 heavy (non-hydrogen) atoms. The van der Waals surface area contributed by atoms with Gasteiger partial charge in [0.15, 0.2) is 5.69 Å². The van der Waals surface area contributed by atoms with Crippen LogP contribution in [0.2, 0.25) is 0 Å². The lowest BCUT2D eigenvalue weighted by atomic mass is 10.2. The third-order valence-corrected chi connectivity index (χ3v) is 2.34. The zero-order valence-electron chi connectivity index (χ0n) is 9.03.